The summed E-state index contributed by atoms with van der Waals surface area (Å²) in [6.07, 6.45) is 4.96. The number of H-pyrrole nitrogens is 1. The van der Waals surface area contributed by atoms with Crippen molar-refractivity contribution < 1.29 is 14.3 Å². The van der Waals surface area contributed by atoms with Gasteiger partial charge in [0.2, 0.25) is 0 Å². The largest absolute Gasteiger partial charge is 0.493 e. The van der Waals surface area contributed by atoms with Gasteiger partial charge < -0.3 is 19.8 Å². The number of unbranched alkanes of at least 4 members (excludes halogenated alkanes) is 3. The van der Waals surface area contributed by atoms with E-state index in [0.717, 1.165) is 37.5 Å². The maximum atomic E-state index is 12.4. The highest BCUT2D eigenvalue weighted by atomic mass is 16.5. The molecule has 2 N–H and O–H groups in total. The van der Waals surface area contributed by atoms with E-state index in [4.69, 9.17) is 9.47 Å². The quantitative estimate of drug-likeness (QED) is 0.634. The molecule has 1 aromatic heterocycles. The van der Waals surface area contributed by atoms with Gasteiger partial charge in [-0.2, -0.15) is 0 Å². The van der Waals surface area contributed by atoms with Gasteiger partial charge in [-0.3, -0.25) is 9.59 Å². The van der Waals surface area contributed by atoms with Crippen molar-refractivity contribution in [3.63, 3.8) is 0 Å². The van der Waals surface area contributed by atoms with E-state index in [-0.39, 0.29) is 11.5 Å². The van der Waals surface area contributed by atoms with Gasteiger partial charge >= 0.3 is 0 Å². The van der Waals surface area contributed by atoms with Gasteiger partial charge in [-0.15, -0.1) is 0 Å². The van der Waals surface area contributed by atoms with Crippen molar-refractivity contribution in [1.82, 2.24) is 10.3 Å². The first kappa shape index (κ1) is 19.8. The number of carbonyl (C=O) groups excluding carboxylic acids is 1. The van der Waals surface area contributed by atoms with Crippen molar-refractivity contribution in [2.75, 3.05) is 20.3 Å². The molecule has 26 heavy (non-hydrogen) atoms. The smallest absolute Gasteiger partial charge is 0.261 e. The molecule has 2 aromatic rings. The Morgan fingerprint density at radius 1 is 1.15 bits per heavy atom. The molecular weight excluding hydrogens is 332 g/mol. The van der Waals surface area contributed by atoms with E-state index in [1.165, 1.54) is 0 Å². The Morgan fingerprint density at radius 3 is 2.62 bits per heavy atom. The molecule has 6 heteroatoms. The van der Waals surface area contributed by atoms with E-state index < -0.39 is 5.56 Å². The molecule has 0 aliphatic heterocycles. The fourth-order valence-electron chi connectivity index (χ4n) is 2.70. The maximum Gasteiger partial charge on any atom is 0.261 e. The summed E-state index contributed by atoms with van der Waals surface area (Å²) >= 11 is 0. The Kier molecular flexibility index (Phi) is 7.51. The average Bonchev–Trinajstić information content (AvgIpc) is 2.64. The molecule has 1 amide bonds. The lowest BCUT2D eigenvalue weighted by atomic mass is 10.1. The number of carbonyl (C=O) groups is 1. The van der Waals surface area contributed by atoms with E-state index >= 15 is 0 Å². The average molecular weight is 360 g/mol. The molecule has 0 atom stereocenters. The molecule has 0 aliphatic carbocycles. The number of hydrogen-bond donors (Lipinski definition) is 2. The van der Waals surface area contributed by atoms with Crippen LogP contribution in [0.4, 0.5) is 0 Å². The standard InChI is InChI=1S/C20H28N2O4/c1-4-6-8-12-26-18-16(25-3)10-9-14-13-15(20(24)22-17(14)18)19(23)21-11-7-5-2/h9-10,13H,4-8,11-12H2,1-3H3,(H,21,23)(H,22,24). The van der Waals surface area contributed by atoms with Gasteiger partial charge in [0.15, 0.2) is 11.5 Å². The molecule has 0 spiro atoms. The highest BCUT2D eigenvalue weighted by Gasteiger charge is 2.16. The van der Waals surface area contributed by atoms with Crippen molar-refractivity contribution in [3.05, 3.63) is 34.1 Å². The summed E-state index contributed by atoms with van der Waals surface area (Å²) in [6, 6.07) is 5.20. The lowest BCUT2D eigenvalue weighted by Gasteiger charge is -2.14. The minimum atomic E-state index is -0.432. The Balaban J connectivity index is 2.34. The fraction of sp³-hybridized carbons (Fsp3) is 0.500. The zero-order valence-corrected chi connectivity index (χ0v) is 15.8. The van der Waals surface area contributed by atoms with Gasteiger partial charge in [0.05, 0.1) is 19.2 Å². The zero-order chi connectivity index (χ0) is 18.9. The fourth-order valence-corrected chi connectivity index (χ4v) is 2.70. The minimum Gasteiger partial charge on any atom is -0.493 e. The summed E-state index contributed by atoms with van der Waals surface area (Å²) in [5, 5.41) is 3.51. The molecule has 0 bridgehead atoms. The van der Waals surface area contributed by atoms with Gasteiger partial charge in [0.1, 0.15) is 5.56 Å². The lowest BCUT2D eigenvalue weighted by Crippen LogP contribution is -2.30. The summed E-state index contributed by atoms with van der Waals surface area (Å²) in [4.78, 5) is 27.5. The third-order valence-corrected chi connectivity index (χ3v) is 4.21. The predicted molar refractivity (Wildman–Crippen MR) is 103 cm³/mol. The van der Waals surface area contributed by atoms with Gasteiger partial charge in [0, 0.05) is 11.9 Å². The number of nitrogens with one attached hydrogen (secondary N) is 2. The summed E-state index contributed by atoms with van der Waals surface area (Å²) in [5.41, 5.74) is 0.227. The van der Waals surface area contributed by atoms with Crippen molar-refractivity contribution in [3.8, 4) is 11.5 Å². The van der Waals surface area contributed by atoms with Crippen LogP contribution >= 0.6 is 0 Å². The first-order valence-corrected chi connectivity index (χ1v) is 9.27. The number of aromatic amines is 1. The van der Waals surface area contributed by atoms with Crippen LogP contribution in [0, 0.1) is 0 Å². The molecule has 2 rings (SSSR count). The second-order valence-electron chi connectivity index (χ2n) is 6.24. The van der Waals surface area contributed by atoms with E-state index in [0.29, 0.717) is 30.2 Å². The normalized spacial score (nSPS) is 10.7. The summed E-state index contributed by atoms with van der Waals surface area (Å²) in [5.74, 6) is 0.712. The first-order chi connectivity index (χ1) is 12.6. The number of hydrogen-bond acceptors (Lipinski definition) is 4. The van der Waals surface area contributed by atoms with Crippen LogP contribution in [-0.2, 0) is 0 Å². The van der Waals surface area contributed by atoms with Crippen LogP contribution in [0.15, 0.2) is 23.0 Å². The van der Waals surface area contributed by atoms with Gasteiger partial charge in [0.25, 0.3) is 11.5 Å². The Bertz CT molecular complexity index is 798. The van der Waals surface area contributed by atoms with E-state index in [9.17, 15) is 9.59 Å². The molecular formula is C20H28N2O4. The van der Waals surface area contributed by atoms with Crippen molar-refractivity contribution in [1.29, 1.82) is 0 Å². The van der Waals surface area contributed by atoms with Crippen molar-refractivity contribution in [2.45, 2.75) is 46.0 Å². The number of benzene rings is 1. The summed E-state index contributed by atoms with van der Waals surface area (Å²) in [6.45, 7) is 5.28. The van der Waals surface area contributed by atoms with Gasteiger partial charge in [-0.25, -0.2) is 0 Å². The van der Waals surface area contributed by atoms with E-state index in [1.807, 2.05) is 13.0 Å². The first-order valence-electron chi connectivity index (χ1n) is 9.27. The Hall–Kier alpha value is -2.50. The molecule has 1 heterocycles. The highest BCUT2D eigenvalue weighted by Crippen LogP contribution is 2.34. The third kappa shape index (κ3) is 4.77. The maximum absolute atomic E-state index is 12.4. The second-order valence-corrected chi connectivity index (χ2v) is 6.24. The predicted octanol–water partition coefficient (Wildman–Crippen LogP) is 3.64. The van der Waals surface area contributed by atoms with Crippen LogP contribution < -0.4 is 20.3 Å². The van der Waals surface area contributed by atoms with Crippen molar-refractivity contribution in [2.24, 2.45) is 0 Å². The van der Waals surface area contributed by atoms with Gasteiger partial charge in [-0.1, -0.05) is 33.1 Å². The van der Waals surface area contributed by atoms with Crippen LogP contribution in [0.25, 0.3) is 10.9 Å². The van der Waals surface area contributed by atoms with Crippen LogP contribution in [0.1, 0.15) is 56.3 Å². The number of fused-ring (bicyclic) bond motifs is 1. The van der Waals surface area contributed by atoms with Crippen LogP contribution in [0.2, 0.25) is 0 Å². The molecule has 1 aromatic carbocycles. The monoisotopic (exact) mass is 360 g/mol. The Morgan fingerprint density at radius 2 is 1.92 bits per heavy atom. The molecule has 0 aliphatic rings. The topological polar surface area (TPSA) is 80.4 Å². The molecule has 0 radical (unpaired) electrons. The number of amides is 1. The number of methoxy groups -OCH3 is 1. The summed E-state index contributed by atoms with van der Waals surface area (Å²) in [7, 11) is 1.56. The van der Waals surface area contributed by atoms with Crippen molar-refractivity contribution >= 4 is 16.8 Å². The van der Waals surface area contributed by atoms with Crippen LogP contribution in [-0.4, -0.2) is 31.2 Å². The highest BCUT2D eigenvalue weighted by molar-refractivity contribution is 5.98. The molecule has 0 unspecified atom stereocenters. The number of ether oxygens (including phenoxy) is 2. The second kappa shape index (κ2) is 9.85. The SMILES string of the molecule is CCCCCOc1c(OC)ccc2cc(C(=O)NCCCC)c(=O)[nH]c12. The van der Waals surface area contributed by atoms with Crippen LogP contribution in [0.5, 0.6) is 11.5 Å². The molecule has 0 fully saturated rings. The Labute approximate surface area is 153 Å². The molecule has 142 valence electrons. The lowest BCUT2D eigenvalue weighted by molar-refractivity contribution is 0.0952. The molecule has 0 saturated carbocycles. The van der Waals surface area contributed by atoms with E-state index in [1.54, 1.807) is 19.2 Å². The number of aromatic nitrogens is 1. The number of rotatable bonds is 10. The minimum absolute atomic E-state index is 0.107. The third-order valence-electron chi connectivity index (χ3n) is 4.21. The summed E-state index contributed by atoms with van der Waals surface area (Å²) < 4.78 is 11.2. The van der Waals surface area contributed by atoms with Gasteiger partial charge in [-0.05, 0) is 31.0 Å². The van der Waals surface area contributed by atoms with Crippen LogP contribution in [0.3, 0.4) is 0 Å². The number of pyridine rings is 1. The van der Waals surface area contributed by atoms with E-state index in [2.05, 4.69) is 17.2 Å². The zero-order valence-electron chi connectivity index (χ0n) is 15.8. The molecule has 6 nitrogen and oxygen atoms in total. The molecule has 0 saturated heterocycles.